The molecule has 6 nitrogen and oxygen atoms in total. The number of benzene rings is 3. The molecule has 0 bridgehead atoms. The molecule has 0 aromatic heterocycles. The third kappa shape index (κ3) is 6.02. The number of hydrogen-bond donors (Lipinski definition) is 1. The topological polar surface area (TPSA) is 54.0 Å². The van der Waals surface area contributed by atoms with E-state index in [4.69, 9.17) is 9.47 Å². The minimum absolute atomic E-state index is 0.0419. The van der Waals surface area contributed by atoms with E-state index in [1.807, 2.05) is 12.1 Å². The Labute approximate surface area is 189 Å². The maximum absolute atomic E-state index is 12.2. The van der Waals surface area contributed by atoms with Crippen LogP contribution in [0.3, 0.4) is 0 Å². The summed E-state index contributed by atoms with van der Waals surface area (Å²) in [6, 6.07) is 25.8. The highest BCUT2D eigenvalue weighted by molar-refractivity contribution is 5.91. The fourth-order valence-corrected chi connectivity index (χ4v) is 3.77. The second kappa shape index (κ2) is 10.7. The molecule has 3 aromatic carbocycles. The standard InChI is InChI=1S/C26H29N3O3/c1-31-24-11-13-25(14-12-24)32-20-26(30)27-22-9-7-21(8-10-22)19-28-15-17-29(18-16-28)23-5-3-2-4-6-23/h2-14H,15-20H2,1H3,(H,27,30). The van der Waals surface area contributed by atoms with Crippen LogP contribution in [0.1, 0.15) is 5.56 Å². The monoisotopic (exact) mass is 431 g/mol. The minimum Gasteiger partial charge on any atom is -0.497 e. The molecule has 1 N–H and O–H groups in total. The van der Waals surface area contributed by atoms with Crippen molar-refractivity contribution in [3.63, 3.8) is 0 Å². The number of carbonyl (C=O) groups excluding carboxylic acids is 1. The van der Waals surface area contributed by atoms with E-state index in [2.05, 4.69) is 57.6 Å². The van der Waals surface area contributed by atoms with Crippen LogP contribution in [0.15, 0.2) is 78.9 Å². The predicted octanol–water partition coefficient (Wildman–Crippen LogP) is 4.03. The van der Waals surface area contributed by atoms with E-state index in [0.717, 1.165) is 44.2 Å². The third-order valence-electron chi connectivity index (χ3n) is 5.57. The first-order valence-corrected chi connectivity index (χ1v) is 10.9. The minimum atomic E-state index is -0.189. The van der Waals surface area contributed by atoms with Gasteiger partial charge in [0.1, 0.15) is 11.5 Å². The molecule has 1 amide bonds. The smallest absolute Gasteiger partial charge is 0.262 e. The molecule has 32 heavy (non-hydrogen) atoms. The molecule has 1 saturated heterocycles. The molecule has 0 atom stereocenters. The summed E-state index contributed by atoms with van der Waals surface area (Å²) in [6.07, 6.45) is 0. The Morgan fingerprint density at radius 1 is 0.844 bits per heavy atom. The lowest BCUT2D eigenvalue weighted by atomic mass is 10.1. The first kappa shape index (κ1) is 21.7. The predicted molar refractivity (Wildman–Crippen MR) is 127 cm³/mol. The molecular formula is C26H29N3O3. The summed E-state index contributed by atoms with van der Waals surface area (Å²) >= 11 is 0. The number of anilines is 2. The van der Waals surface area contributed by atoms with E-state index >= 15 is 0 Å². The Bertz CT molecular complexity index is 983. The van der Waals surface area contributed by atoms with Crippen LogP contribution in [0.5, 0.6) is 11.5 Å². The second-order valence-corrected chi connectivity index (χ2v) is 7.81. The lowest BCUT2D eigenvalue weighted by Crippen LogP contribution is -2.45. The molecule has 0 unspecified atom stereocenters. The van der Waals surface area contributed by atoms with Crippen molar-refractivity contribution in [1.29, 1.82) is 0 Å². The summed E-state index contributed by atoms with van der Waals surface area (Å²) in [5, 5.41) is 2.88. The van der Waals surface area contributed by atoms with Gasteiger partial charge in [0.2, 0.25) is 0 Å². The van der Waals surface area contributed by atoms with E-state index < -0.39 is 0 Å². The fraction of sp³-hybridized carbons (Fsp3) is 0.269. The Balaban J connectivity index is 1.20. The van der Waals surface area contributed by atoms with Crippen molar-refractivity contribution in [1.82, 2.24) is 4.90 Å². The van der Waals surface area contributed by atoms with E-state index in [1.165, 1.54) is 11.3 Å². The molecule has 3 aromatic rings. The number of carbonyl (C=O) groups is 1. The molecule has 1 aliphatic rings. The van der Waals surface area contributed by atoms with Crippen molar-refractivity contribution in [2.45, 2.75) is 6.54 Å². The third-order valence-corrected chi connectivity index (χ3v) is 5.57. The number of hydrogen-bond acceptors (Lipinski definition) is 5. The average Bonchev–Trinajstić information content (AvgIpc) is 2.85. The summed E-state index contributed by atoms with van der Waals surface area (Å²) in [5.74, 6) is 1.19. The normalized spacial score (nSPS) is 14.1. The number of rotatable bonds is 8. The molecule has 0 radical (unpaired) electrons. The zero-order chi connectivity index (χ0) is 22.2. The summed E-state index contributed by atoms with van der Waals surface area (Å²) in [7, 11) is 1.61. The largest absolute Gasteiger partial charge is 0.497 e. The van der Waals surface area contributed by atoms with Gasteiger partial charge >= 0.3 is 0 Å². The zero-order valence-corrected chi connectivity index (χ0v) is 18.4. The highest BCUT2D eigenvalue weighted by atomic mass is 16.5. The lowest BCUT2D eigenvalue weighted by Gasteiger charge is -2.36. The van der Waals surface area contributed by atoms with Gasteiger partial charge < -0.3 is 19.7 Å². The number of para-hydroxylation sites is 1. The molecule has 0 spiro atoms. The molecular weight excluding hydrogens is 402 g/mol. The van der Waals surface area contributed by atoms with Crippen LogP contribution in [0.2, 0.25) is 0 Å². The highest BCUT2D eigenvalue weighted by Gasteiger charge is 2.17. The zero-order valence-electron chi connectivity index (χ0n) is 18.4. The van der Waals surface area contributed by atoms with Crippen molar-refractivity contribution >= 4 is 17.3 Å². The van der Waals surface area contributed by atoms with Gasteiger partial charge in [-0.3, -0.25) is 9.69 Å². The molecule has 1 aliphatic heterocycles. The molecule has 0 saturated carbocycles. The number of piperazine rings is 1. The van der Waals surface area contributed by atoms with Gasteiger partial charge in [0.25, 0.3) is 5.91 Å². The van der Waals surface area contributed by atoms with Gasteiger partial charge in [-0.15, -0.1) is 0 Å². The Morgan fingerprint density at radius 2 is 1.50 bits per heavy atom. The Kier molecular flexibility index (Phi) is 7.25. The van der Waals surface area contributed by atoms with Gasteiger partial charge in [-0.2, -0.15) is 0 Å². The number of methoxy groups -OCH3 is 1. The Hall–Kier alpha value is -3.51. The highest BCUT2D eigenvalue weighted by Crippen LogP contribution is 2.19. The average molecular weight is 432 g/mol. The molecule has 166 valence electrons. The van der Waals surface area contributed by atoms with Gasteiger partial charge in [0, 0.05) is 44.1 Å². The molecule has 6 heteroatoms. The van der Waals surface area contributed by atoms with Crippen LogP contribution in [0.4, 0.5) is 11.4 Å². The van der Waals surface area contributed by atoms with Crippen molar-refractivity contribution in [3.8, 4) is 11.5 Å². The Morgan fingerprint density at radius 3 is 2.16 bits per heavy atom. The quantitative estimate of drug-likeness (QED) is 0.584. The number of amides is 1. The van der Waals surface area contributed by atoms with E-state index in [-0.39, 0.29) is 12.5 Å². The van der Waals surface area contributed by atoms with Crippen molar-refractivity contribution in [2.75, 3.05) is 50.1 Å². The van der Waals surface area contributed by atoms with Crippen molar-refractivity contribution in [3.05, 3.63) is 84.4 Å². The summed E-state index contributed by atoms with van der Waals surface area (Å²) in [4.78, 5) is 17.1. The first-order chi connectivity index (χ1) is 15.7. The molecule has 1 fully saturated rings. The molecule has 0 aliphatic carbocycles. The molecule has 4 rings (SSSR count). The van der Waals surface area contributed by atoms with Gasteiger partial charge in [-0.05, 0) is 54.1 Å². The van der Waals surface area contributed by atoms with E-state index in [0.29, 0.717) is 5.75 Å². The number of ether oxygens (including phenoxy) is 2. The van der Waals surface area contributed by atoms with Crippen LogP contribution in [0.25, 0.3) is 0 Å². The van der Waals surface area contributed by atoms with Gasteiger partial charge in [0.05, 0.1) is 7.11 Å². The van der Waals surface area contributed by atoms with Crippen molar-refractivity contribution in [2.24, 2.45) is 0 Å². The lowest BCUT2D eigenvalue weighted by molar-refractivity contribution is -0.118. The number of nitrogens with zero attached hydrogens (tertiary/aromatic N) is 2. The van der Waals surface area contributed by atoms with Crippen LogP contribution in [-0.4, -0.2) is 50.7 Å². The van der Waals surface area contributed by atoms with Crippen LogP contribution < -0.4 is 19.7 Å². The first-order valence-electron chi connectivity index (χ1n) is 10.9. The second-order valence-electron chi connectivity index (χ2n) is 7.81. The van der Waals surface area contributed by atoms with E-state index in [1.54, 1.807) is 31.4 Å². The maximum Gasteiger partial charge on any atom is 0.262 e. The molecule has 1 heterocycles. The van der Waals surface area contributed by atoms with Crippen molar-refractivity contribution < 1.29 is 14.3 Å². The summed E-state index contributed by atoms with van der Waals surface area (Å²) in [6.45, 7) is 5.02. The van der Waals surface area contributed by atoms with Crippen LogP contribution in [-0.2, 0) is 11.3 Å². The van der Waals surface area contributed by atoms with E-state index in [9.17, 15) is 4.79 Å². The summed E-state index contributed by atoms with van der Waals surface area (Å²) < 4.78 is 10.6. The SMILES string of the molecule is COc1ccc(OCC(=O)Nc2ccc(CN3CCN(c4ccccc4)CC3)cc2)cc1. The maximum atomic E-state index is 12.2. The summed E-state index contributed by atoms with van der Waals surface area (Å²) in [5.41, 5.74) is 3.31. The number of nitrogens with one attached hydrogen (secondary N) is 1. The van der Waals surface area contributed by atoms with Gasteiger partial charge in [0.15, 0.2) is 6.61 Å². The fourth-order valence-electron chi connectivity index (χ4n) is 3.77. The van der Waals surface area contributed by atoms with Crippen LogP contribution in [0, 0.1) is 0 Å². The van der Waals surface area contributed by atoms with Gasteiger partial charge in [-0.25, -0.2) is 0 Å². The van der Waals surface area contributed by atoms with Crippen LogP contribution >= 0.6 is 0 Å². The van der Waals surface area contributed by atoms with Gasteiger partial charge in [-0.1, -0.05) is 30.3 Å².